The molecule has 1 saturated carbocycles. The van der Waals surface area contributed by atoms with Crippen molar-refractivity contribution < 1.29 is 4.79 Å². The van der Waals surface area contributed by atoms with E-state index in [4.69, 9.17) is 5.73 Å². The summed E-state index contributed by atoms with van der Waals surface area (Å²) in [7, 11) is 0. The fraction of sp³-hybridized carbons (Fsp3) is 0.353. The monoisotopic (exact) mass is 296 g/mol. The van der Waals surface area contributed by atoms with E-state index in [1.165, 1.54) is 0 Å². The Kier molecular flexibility index (Phi) is 3.90. The summed E-state index contributed by atoms with van der Waals surface area (Å²) < 4.78 is 0. The van der Waals surface area contributed by atoms with Gasteiger partial charge in [-0.2, -0.15) is 0 Å². The molecule has 1 aromatic carbocycles. The number of carbonyl (C=O) groups excluding carboxylic acids is 1. The quantitative estimate of drug-likeness (QED) is 0.912. The predicted molar refractivity (Wildman–Crippen MR) is 86.2 cm³/mol. The molecule has 0 unspecified atom stereocenters. The molecule has 1 fully saturated rings. The normalized spacial score (nSPS) is 16.5. The maximum absolute atomic E-state index is 12.4. The average molecular weight is 296 g/mol. The topological polar surface area (TPSA) is 80.9 Å². The smallest absolute Gasteiger partial charge is 0.244 e. The molecule has 0 radical (unpaired) electrons. The molecule has 0 bridgehead atoms. The van der Waals surface area contributed by atoms with Crippen LogP contribution in [0.4, 0.5) is 5.69 Å². The summed E-state index contributed by atoms with van der Waals surface area (Å²) in [5.41, 5.74) is 8.00. The second kappa shape index (κ2) is 5.85. The van der Waals surface area contributed by atoms with Crippen LogP contribution < -0.4 is 11.1 Å². The summed E-state index contributed by atoms with van der Waals surface area (Å²) in [6.45, 7) is 1.85. The number of nitrogens with one attached hydrogen (secondary N) is 1. The van der Waals surface area contributed by atoms with Crippen LogP contribution in [0.3, 0.4) is 0 Å². The number of amides is 1. The Morgan fingerprint density at radius 2 is 2.05 bits per heavy atom. The van der Waals surface area contributed by atoms with E-state index in [9.17, 15) is 4.79 Å². The molecule has 0 saturated heterocycles. The molecule has 1 aromatic heterocycles. The van der Waals surface area contributed by atoms with Gasteiger partial charge in [-0.3, -0.25) is 4.79 Å². The third-order valence-corrected chi connectivity index (χ3v) is 4.14. The van der Waals surface area contributed by atoms with Crippen molar-refractivity contribution in [2.75, 3.05) is 5.32 Å². The van der Waals surface area contributed by atoms with Crippen molar-refractivity contribution in [3.05, 3.63) is 42.4 Å². The fourth-order valence-corrected chi connectivity index (χ4v) is 2.86. The fourth-order valence-electron chi connectivity index (χ4n) is 2.86. The Morgan fingerprint density at radius 1 is 1.27 bits per heavy atom. The summed E-state index contributed by atoms with van der Waals surface area (Å²) in [5.74, 6) is 0.625. The number of aromatic nitrogens is 2. The van der Waals surface area contributed by atoms with Gasteiger partial charge in [0.1, 0.15) is 5.82 Å². The van der Waals surface area contributed by atoms with Gasteiger partial charge >= 0.3 is 0 Å². The first-order valence-electron chi connectivity index (χ1n) is 7.57. The van der Waals surface area contributed by atoms with Crippen LogP contribution in [-0.4, -0.2) is 21.4 Å². The van der Waals surface area contributed by atoms with Crippen LogP contribution in [0.1, 0.15) is 31.5 Å². The molecule has 0 spiro atoms. The van der Waals surface area contributed by atoms with Crippen molar-refractivity contribution in [1.82, 2.24) is 9.97 Å². The van der Waals surface area contributed by atoms with Gasteiger partial charge in [-0.25, -0.2) is 9.97 Å². The molecule has 5 heteroatoms. The average Bonchev–Trinajstić information content (AvgIpc) is 2.96. The molecule has 3 N–H and O–H groups in total. The SMILES string of the molecule is Cc1nccc(-c2cccc(NC(=O)C3(N)CCCC3)c2)n1. The number of hydrogen-bond acceptors (Lipinski definition) is 4. The van der Waals surface area contributed by atoms with Crippen LogP contribution in [-0.2, 0) is 4.79 Å². The molecule has 5 nitrogen and oxygen atoms in total. The van der Waals surface area contributed by atoms with Gasteiger partial charge in [-0.1, -0.05) is 25.0 Å². The van der Waals surface area contributed by atoms with Crippen LogP contribution >= 0.6 is 0 Å². The zero-order valence-electron chi connectivity index (χ0n) is 12.7. The Hall–Kier alpha value is -2.27. The van der Waals surface area contributed by atoms with E-state index in [-0.39, 0.29) is 5.91 Å². The molecule has 0 atom stereocenters. The van der Waals surface area contributed by atoms with E-state index in [1.54, 1.807) is 6.20 Å². The van der Waals surface area contributed by atoms with Gasteiger partial charge in [-0.15, -0.1) is 0 Å². The lowest BCUT2D eigenvalue weighted by atomic mass is 9.98. The molecule has 114 valence electrons. The summed E-state index contributed by atoms with van der Waals surface area (Å²) in [5, 5.41) is 2.94. The summed E-state index contributed by atoms with van der Waals surface area (Å²) in [6, 6.07) is 9.51. The molecule has 22 heavy (non-hydrogen) atoms. The minimum Gasteiger partial charge on any atom is -0.324 e. The van der Waals surface area contributed by atoms with E-state index in [2.05, 4.69) is 15.3 Å². The van der Waals surface area contributed by atoms with Gasteiger partial charge in [0.2, 0.25) is 5.91 Å². The number of hydrogen-bond donors (Lipinski definition) is 2. The van der Waals surface area contributed by atoms with Crippen molar-refractivity contribution in [1.29, 1.82) is 0 Å². The molecule has 2 aromatic rings. The highest BCUT2D eigenvalue weighted by Crippen LogP contribution is 2.29. The van der Waals surface area contributed by atoms with Crippen LogP contribution in [0.2, 0.25) is 0 Å². The first kappa shape index (κ1) is 14.7. The second-order valence-corrected chi connectivity index (χ2v) is 5.89. The van der Waals surface area contributed by atoms with E-state index in [1.807, 2.05) is 37.3 Å². The highest BCUT2D eigenvalue weighted by molar-refractivity contribution is 5.98. The number of benzene rings is 1. The van der Waals surface area contributed by atoms with Crippen molar-refractivity contribution in [3.8, 4) is 11.3 Å². The molecule has 1 aliphatic carbocycles. The molecule has 1 amide bonds. The molecule has 1 heterocycles. The number of nitrogens with zero attached hydrogens (tertiary/aromatic N) is 2. The standard InChI is InChI=1S/C17H20N4O/c1-12-19-10-7-15(20-12)13-5-4-6-14(11-13)21-16(22)17(18)8-2-3-9-17/h4-7,10-11H,2-3,8-9,18H2,1H3,(H,21,22). The zero-order chi connectivity index (χ0) is 15.6. The Bertz CT molecular complexity index is 693. The predicted octanol–water partition coefficient (Wildman–Crippen LogP) is 2.66. The van der Waals surface area contributed by atoms with Gasteiger partial charge in [-0.05, 0) is 38.0 Å². The third kappa shape index (κ3) is 2.99. The largest absolute Gasteiger partial charge is 0.324 e. The highest BCUT2D eigenvalue weighted by atomic mass is 16.2. The van der Waals surface area contributed by atoms with Crippen LogP contribution in [0, 0.1) is 6.92 Å². The maximum Gasteiger partial charge on any atom is 0.244 e. The van der Waals surface area contributed by atoms with Crippen LogP contribution in [0.5, 0.6) is 0 Å². The Labute approximate surface area is 130 Å². The summed E-state index contributed by atoms with van der Waals surface area (Å²) in [4.78, 5) is 20.9. The van der Waals surface area contributed by atoms with E-state index < -0.39 is 5.54 Å². The van der Waals surface area contributed by atoms with Gasteiger partial charge in [0, 0.05) is 17.4 Å². The second-order valence-electron chi connectivity index (χ2n) is 5.89. The third-order valence-electron chi connectivity index (χ3n) is 4.14. The number of aryl methyl sites for hydroxylation is 1. The van der Waals surface area contributed by atoms with E-state index in [0.717, 1.165) is 48.5 Å². The molecular formula is C17H20N4O. The van der Waals surface area contributed by atoms with Gasteiger partial charge in [0.15, 0.2) is 0 Å². The molecule has 1 aliphatic rings. The van der Waals surface area contributed by atoms with E-state index in [0.29, 0.717) is 0 Å². The van der Waals surface area contributed by atoms with Gasteiger partial charge in [0.05, 0.1) is 11.2 Å². The Balaban J connectivity index is 1.81. The number of anilines is 1. The van der Waals surface area contributed by atoms with Crippen LogP contribution in [0.15, 0.2) is 36.5 Å². The minimum absolute atomic E-state index is 0.0963. The molecule has 0 aliphatic heterocycles. The van der Waals surface area contributed by atoms with E-state index >= 15 is 0 Å². The van der Waals surface area contributed by atoms with Crippen molar-refractivity contribution in [3.63, 3.8) is 0 Å². The Morgan fingerprint density at radius 3 is 2.77 bits per heavy atom. The van der Waals surface area contributed by atoms with Crippen molar-refractivity contribution >= 4 is 11.6 Å². The zero-order valence-corrected chi connectivity index (χ0v) is 12.7. The maximum atomic E-state index is 12.4. The van der Waals surface area contributed by atoms with Crippen molar-refractivity contribution in [2.24, 2.45) is 5.73 Å². The first-order chi connectivity index (χ1) is 10.6. The number of carbonyl (C=O) groups is 1. The number of rotatable bonds is 3. The van der Waals surface area contributed by atoms with Crippen molar-refractivity contribution in [2.45, 2.75) is 38.1 Å². The molecule has 3 rings (SSSR count). The highest BCUT2D eigenvalue weighted by Gasteiger charge is 2.36. The van der Waals surface area contributed by atoms with Gasteiger partial charge in [0.25, 0.3) is 0 Å². The minimum atomic E-state index is -0.721. The summed E-state index contributed by atoms with van der Waals surface area (Å²) in [6.07, 6.45) is 5.28. The first-order valence-corrected chi connectivity index (χ1v) is 7.57. The lowest BCUT2D eigenvalue weighted by Gasteiger charge is -2.22. The van der Waals surface area contributed by atoms with Gasteiger partial charge < -0.3 is 11.1 Å². The summed E-state index contributed by atoms with van der Waals surface area (Å²) >= 11 is 0. The van der Waals surface area contributed by atoms with Crippen LogP contribution in [0.25, 0.3) is 11.3 Å². The molecular weight excluding hydrogens is 276 g/mol. The lowest BCUT2D eigenvalue weighted by molar-refractivity contribution is -0.121. The number of nitrogens with two attached hydrogens (primary N) is 1. The lowest BCUT2D eigenvalue weighted by Crippen LogP contribution is -2.48.